The summed E-state index contributed by atoms with van der Waals surface area (Å²) in [5, 5.41) is 17.9. The van der Waals surface area contributed by atoms with Crippen LogP contribution in [0, 0.1) is 6.92 Å². The number of ether oxygens (including phenoxy) is 1. The summed E-state index contributed by atoms with van der Waals surface area (Å²) in [4.78, 5) is 16.7. The fraction of sp³-hybridized carbons (Fsp3) is 0.308. The first-order chi connectivity index (χ1) is 17.9. The van der Waals surface area contributed by atoms with Crippen molar-refractivity contribution in [1.82, 2.24) is 30.0 Å². The lowest BCUT2D eigenvalue weighted by Crippen LogP contribution is -2.29. The summed E-state index contributed by atoms with van der Waals surface area (Å²) in [6.07, 6.45) is 2.94. The molecule has 1 aliphatic rings. The predicted octanol–water partition coefficient (Wildman–Crippen LogP) is 4.14. The molecule has 9 nitrogen and oxygen atoms in total. The maximum Gasteiger partial charge on any atom is 0.163 e. The highest BCUT2D eigenvalue weighted by Gasteiger charge is 2.27. The molecule has 0 fully saturated rings. The van der Waals surface area contributed by atoms with Crippen LogP contribution in [0.5, 0.6) is 5.75 Å². The number of anilines is 1. The summed E-state index contributed by atoms with van der Waals surface area (Å²) in [6.45, 7) is 3.95. The van der Waals surface area contributed by atoms with Gasteiger partial charge in [-0.15, -0.1) is 0 Å². The molecule has 0 amide bonds. The fourth-order valence-electron chi connectivity index (χ4n) is 4.44. The lowest BCUT2D eigenvalue weighted by Gasteiger charge is -2.22. The van der Waals surface area contributed by atoms with Crippen molar-refractivity contribution in [3.63, 3.8) is 0 Å². The topological polar surface area (TPSA) is 101 Å². The normalized spacial score (nSPS) is 13.6. The Bertz CT molecular complexity index is 1400. The number of hydrogen-bond donors (Lipinski definition) is 2. The van der Waals surface area contributed by atoms with Crippen LogP contribution in [-0.2, 0) is 20.1 Å². The van der Waals surface area contributed by atoms with E-state index in [0.717, 1.165) is 32.9 Å². The van der Waals surface area contributed by atoms with E-state index in [1.807, 2.05) is 32.3 Å². The SMILES string of the molecule is CNC[C@@H](O)COc1ccc(Cl)c(-c2nc(-c3c(Br)cnn3C)c(C)c(N3Cc4cccnc4C3)n2)c1. The van der Waals surface area contributed by atoms with Gasteiger partial charge >= 0.3 is 0 Å². The number of rotatable bonds is 8. The van der Waals surface area contributed by atoms with Gasteiger partial charge < -0.3 is 20.1 Å². The minimum atomic E-state index is -0.634. The van der Waals surface area contributed by atoms with Crippen LogP contribution in [0.25, 0.3) is 22.8 Å². The van der Waals surface area contributed by atoms with Crippen molar-refractivity contribution in [1.29, 1.82) is 0 Å². The van der Waals surface area contributed by atoms with Crippen LogP contribution >= 0.6 is 27.5 Å². The summed E-state index contributed by atoms with van der Waals surface area (Å²) in [5.41, 5.74) is 5.38. The van der Waals surface area contributed by atoms with Crippen LogP contribution in [0.2, 0.25) is 5.02 Å². The molecule has 5 rings (SSSR count). The molecule has 11 heteroatoms. The van der Waals surface area contributed by atoms with Crippen LogP contribution in [0.1, 0.15) is 16.8 Å². The molecular formula is C26H27BrClN7O2. The van der Waals surface area contributed by atoms with E-state index in [0.29, 0.717) is 41.8 Å². The summed E-state index contributed by atoms with van der Waals surface area (Å²) in [6, 6.07) is 9.39. The van der Waals surface area contributed by atoms with Crippen molar-refractivity contribution >= 4 is 33.3 Å². The Morgan fingerprint density at radius 1 is 1.24 bits per heavy atom. The first kappa shape index (κ1) is 25.6. The van der Waals surface area contributed by atoms with Crippen LogP contribution in [0.15, 0.2) is 47.2 Å². The molecule has 0 spiro atoms. The van der Waals surface area contributed by atoms with Crippen LogP contribution in [0.3, 0.4) is 0 Å². The van der Waals surface area contributed by atoms with Crippen LogP contribution in [-0.4, -0.2) is 56.1 Å². The van der Waals surface area contributed by atoms with E-state index in [1.165, 1.54) is 5.56 Å². The Labute approximate surface area is 228 Å². The number of pyridine rings is 1. The number of benzene rings is 1. The van der Waals surface area contributed by atoms with E-state index in [4.69, 9.17) is 26.3 Å². The molecule has 1 atom stereocenters. The second-order valence-electron chi connectivity index (χ2n) is 8.94. The largest absolute Gasteiger partial charge is 0.491 e. The average Bonchev–Trinajstić information content (AvgIpc) is 3.46. The van der Waals surface area contributed by atoms with Gasteiger partial charge in [0.1, 0.15) is 30.0 Å². The summed E-state index contributed by atoms with van der Waals surface area (Å²) >= 11 is 10.3. The Kier molecular flexibility index (Phi) is 7.43. The van der Waals surface area contributed by atoms with Crippen molar-refractivity contribution < 1.29 is 9.84 Å². The summed E-state index contributed by atoms with van der Waals surface area (Å²) in [5.74, 6) is 1.85. The number of nitrogens with zero attached hydrogens (tertiary/aromatic N) is 6. The average molecular weight is 585 g/mol. The van der Waals surface area contributed by atoms with Crippen LogP contribution < -0.4 is 15.0 Å². The van der Waals surface area contributed by atoms with Gasteiger partial charge in [-0.2, -0.15) is 5.10 Å². The Hall–Kier alpha value is -3.05. The maximum atomic E-state index is 10.0. The molecule has 1 aromatic carbocycles. The smallest absolute Gasteiger partial charge is 0.163 e. The third-order valence-corrected chi connectivity index (χ3v) is 7.20. The quantitative estimate of drug-likeness (QED) is 0.319. The van der Waals surface area contributed by atoms with Gasteiger partial charge in [0.25, 0.3) is 0 Å². The number of hydrogen-bond acceptors (Lipinski definition) is 8. The predicted molar refractivity (Wildman–Crippen MR) is 147 cm³/mol. The molecule has 4 heterocycles. The van der Waals surface area contributed by atoms with Crippen molar-refractivity contribution in [2.45, 2.75) is 26.1 Å². The lowest BCUT2D eigenvalue weighted by molar-refractivity contribution is 0.108. The van der Waals surface area contributed by atoms with Crippen molar-refractivity contribution in [2.75, 3.05) is 25.1 Å². The van der Waals surface area contributed by atoms with Gasteiger partial charge in [0, 0.05) is 37.5 Å². The van der Waals surface area contributed by atoms with Gasteiger partial charge in [0.15, 0.2) is 5.82 Å². The molecule has 0 saturated carbocycles. The standard InChI is InChI=1S/C26H27BrClN7O2/c1-15-23(24-20(27)11-31-34(24)3)32-25(33-26(15)35-12-16-5-4-8-30-22(16)13-35)19-9-18(6-7-21(19)28)37-14-17(36)10-29-2/h4-9,11,17,29,36H,10,12-14H2,1-3H3/t17-/m1/s1. The molecule has 0 aliphatic carbocycles. The number of fused-ring (bicyclic) bond motifs is 1. The minimum Gasteiger partial charge on any atom is -0.491 e. The lowest BCUT2D eigenvalue weighted by atomic mass is 10.1. The third kappa shape index (κ3) is 5.19. The second kappa shape index (κ2) is 10.7. The maximum absolute atomic E-state index is 10.0. The molecule has 4 aromatic rings. The van der Waals surface area contributed by atoms with Gasteiger partial charge in [-0.1, -0.05) is 17.7 Å². The summed E-state index contributed by atoms with van der Waals surface area (Å²) < 4.78 is 8.45. The third-order valence-electron chi connectivity index (χ3n) is 6.29. The number of aryl methyl sites for hydroxylation is 1. The monoisotopic (exact) mass is 583 g/mol. The van der Waals surface area contributed by atoms with Gasteiger partial charge in [0.2, 0.25) is 0 Å². The highest BCUT2D eigenvalue weighted by atomic mass is 79.9. The van der Waals surface area contributed by atoms with E-state index in [2.05, 4.69) is 42.3 Å². The van der Waals surface area contributed by atoms with Crippen molar-refractivity contribution in [3.8, 4) is 28.5 Å². The molecule has 37 heavy (non-hydrogen) atoms. The number of likely N-dealkylation sites (N-methyl/N-ethyl adjacent to an activating group) is 1. The van der Waals surface area contributed by atoms with E-state index in [1.54, 1.807) is 30.1 Å². The van der Waals surface area contributed by atoms with Crippen molar-refractivity contribution in [3.05, 3.63) is 69.0 Å². The molecule has 2 N–H and O–H groups in total. The molecule has 0 bridgehead atoms. The highest BCUT2D eigenvalue weighted by Crippen LogP contribution is 2.38. The van der Waals surface area contributed by atoms with Gasteiger partial charge in [-0.3, -0.25) is 9.67 Å². The van der Waals surface area contributed by atoms with Crippen molar-refractivity contribution in [2.24, 2.45) is 7.05 Å². The Balaban J connectivity index is 1.60. The number of halogens is 2. The van der Waals surface area contributed by atoms with E-state index in [9.17, 15) is 5.11 Å². The van der Waals surface area contributed by atoms with E-state index in [-0.39, 0.29) is 6.61 Å². The molecule has 0 radical (unpaired) electrons. The molecule has 0 saturated heterocycles. The Morgan fingerprint density at radius 3 is 2.81 bits per heavy atom. The number of aliphatic hydroxyl groups is 1. The molecular weight excluding hydrogens is 558 g/mol. The van der Waals surface area contributed by atoms with Gasteiger partial charge in [-0.25, -0.2) is 9.97 Å². The van der Waals surface area contributed by atoms with E-state index >= 15 is 0 Å². The highest BCUT2D eigenvalue weighted by molar-refractivity contribution is 9.10. The summed E-state index contributed by atoms with van der Waals surface area (Å²) in [7, 11) is 3.66. The zero-order chi connectivity index (χ0) is 26.1. The van der Waals surface area contributed by atoms with Crippen LogP contribution in [0.4, 0.5) is 5.82 Å². The first-order valence-corrected chi connectivity index (χ1v) is 13.0. The van der Waals surface area contributed by atoms with E-state index < -0.39 is 6.10 Å². The molecule has 0 unspecified atom stereocenters. The second-order valence-corrected chi connectivity index (χ2v) is 10.2. The fourth-order valence-corrected chi connectivity index (χ4v) is 5.18. The Morgan fingerprint density at radius 2 is 2.08 bits per heavy atom. The molecule has 3 aromatic heterocycles. The van der Waals surface area contributed by atoms with Gasteiger partial charge in [-0.05, 0) is 59.7 Å². The van der Waals surface area contributed by atoms with Gasteiger partial charge in [0.05, 0.1) is 33.6 Å². The minimum absolute atomic E-state index is 0.147. The zero-order valence-corrected chi connectivity index (χ0v) is 23.1. The molecule has 1 aliphatic heterocycles. The first-order valence-electron chi connectivity index (χ1n) is 11.8. The number of aliphatic hydroxyl groups excluding tert-OH is 1. The molecule has 192 valence electrons. The number of aromatic nitrogens is 5. The number of nitrogens with one attached hydrogen (secondary N) is 1. The zero-order valence-electron chi connectivity index (χ0n) is 20.7.